The lowest BCUT2D eigenvalue weighted by Crippen LogP contribution is -2.32. The van der Waals surface area contributed by atoms with Crippen LogP contribution in [0.1, 0.15) is 22.3 Å². The molecule has 2 aromatic heterocycles. The lowest BCUT2D eigenvalue weighted by molar-refractivity contribution is 0.436. The molecule has 7 nitrogen and oxygen atoms in total. The van der Waals surface area contributed by atoms with Gasteiger partial charge < -0.3 is 4.74 Å². The van der Waals surface area contributed by atoms with Gasteiger partial charge >= 0.3 is 0 Å². The van der Waals surface area contributed by atoms with Crippen molar-refractivity contribution < 1.29 is 4.74 Å². The molecular formula is C53H34N6O. The topological polar surface area (TPSA) is 70.7 Å². The summed E-state index contributed by atoms with van der Waals surface area (Å²) in [5, 5.41) is 19.5. The molecule has 7 heteroatoms. The first-order valence-electron chi connectivity index (χ1n) is 20.1. The van der Waals surface area contributed by atoms with E-state index in [1.807, 2.05) is 66.7 Å². The minimum Gasteiger partial charge on any atom is -0.457 e. The molecule has 0 fully saturated rings. The Bertz CT molecular complexity index is 3230. The largest absolute Gasteiger partial charge is 0.457 e. The molecular weight excluding hydrogens is 737 g/mol. The van der Waals surface area contributed by atoms with Crippen LogP contribution in [-0.4, -0.2) is 29.5 Å². The maximum atomic E-state index is 6.85. The molecule has 1 unspecified atom stereocenters. The molecule has 8 aromatic carbocycles. The number of nitrogens with zero attached hydrogens (tertiary/aromatic N) is 6. The average molecular weight is 771 g/mol. The molecule has 0 radical (unpaired) electrons. The fraction of sp³-hybridized carbons (Fsp3) is 0.0189. The third kappa shape index (κ3) is 5.02. The number of ether oxygens (including phenoxy) is 1. The summed E-state index contributed by atoms with van der Waals surface area (Å²) in [6, 6.07) is 71.6. The minimum atomic E-state index is -0.748. The molecule has 10 aromatic rings. The zero-order valence-corrected chi connectivity index (χ0v) is 32.2. The van der Waals surface area contributed by atoms with Crippen molar-refractivity contribution in [2.45, 2.75) is 5.41 Å². The third-order valence-corrected chi connectivity index (χ3v) is 11.9. The third-order valence-electron chi connectivity index (χ3n) is 11.9. The van der Waals surface area contributed by atoms with Gasteiger partial charge in [0.2, 0.25) is 0 Å². The quantitative estimate of drug-likeness (QED) is 0.168. The normalized spacial score (nSPS) is 14.5. The number of benzene rings is 8. The van der Waals surface area contributed by atoms with Crippen LogP contribution < -0.4 is 4.74 Å². The summed E-state index contributed by atoms with van der Waals surface area (Å²) in [7, 11) is 0. The number of aromatic nitrogens is 6. The van der Waals surface area contributed by atoms with E-state index in [2.05, 4.69) is 149 Å². The van der Waals surface area contributed by atoms with Gasteiger partial charge in [-0.2, -0.15) is 0 Å². The highest BCUT2D eigenvalue weighted by molar-refractivity contribution is 5.90. The van der Waals surface area contributed by atoms with E-state index < -0.39 is 5.41 Å². The van der Waals surface area contributed by atoms with Crippen LogP contribution in [0.4, 0.5) is 0 Å². The Hall–Kier alpha value is -8.16. The van der Waals surface area contributed by atoms with Crippen LogP contribution >= 0.6 is 0 Å². The van der Waals surface area contributed by atoms with Crippen LogP contribution in [0.15, 0.2) is 206 Å². The van der Waals surface area contributed by atoms with E-state index in [0.717, 1.165) is 90.7 Å². The second kappa shape index (κ2) is 13.5. The van der Waals surface area contributed by atoms with Gasteiger partial charge in [0.1, 0.15) is 11.5 Å². The molecule has 0 N–H and O–H groups in total. The molecule has 0 amide bonds. The Labute approximate surface area is 346 Å². The molecule has 0 bridgehead atoms. The first-order chi connectivity index (χ1) is 29.8. The molecule has 1 spiro atoms. The lowest BCUT2D eigenvalue weighted by Gasteiger charge is -2.39. The first-order valence-corrected chi connectivity index (χ1v) is 20.1. The fourth-order valence-electron chi connectivity index (χ4n) is 9.31. The van der Waals surface area contributed by atoms with Crippen LogP contribution in [0, 0.1) is 0 Å². The van der Waals surface area contributed by atoms with E-state index in [0.29, 0.717) is 0 Å². The Morgan fingerprint density at radius 2 is 0.733 bits per heavy atom. The van der Waals surface area contributed by atoms with Crippen LogP contribution in [0.25, 0.3) is 68.1 Å². The van der Waals surface area contributed by atoms with Crippen molar-refractivity contribution in [3.8, 4) is 79.6 Å². The van der Waals surface area contributed by atoms with Gasteiger partial charge in [0.05, 0.1) is 5.41 Å². The molecule has 0 saturated heterocycles. The summed E-state index contributed by atoms with van der Waals surface area (Å²) in [4.78, 5) is 0. The zero-order valence-electron chi connectivity index (χ0n) is 32.2. The highest BCUT2D eigenvalue weighted by Crippen LogP contribution is 2.62. The molecule has 60 heavy (non-hydrogen) atoms. The van der Waals surface area contributed by atoms with Gasteiger partial charge in [0.25, 0.3) is 0 Å². The average Bonchev–Trinajstić information content (AvgIpc) is 4.05. The van der Waals surface area contributed by atoms with E-state index in [1.54, 1.807) is 0 Å². The van der Waals surface area contributed by atoms with Gasteiger partial charge in [-0.25, -0.2) is 0 Å². The zero-order chi connectivity index (χ0) is 39.6. The Kier molecular flexibility index (Phi) is 7.62. The van der Waals surface area contributed by atoms with Crippen LogP contribution in [0.2, 0.25) is 0 Å². The van der Waals surface area contributed by atoms with Crippen molar-refractivity contribution in [3.05, 3.63) is 229 Å². The maximum absolute atomic E-state index is 6.85. The molecule has 1 aliphatic carbocycles. The summed E-state index contributed by atoms with van der Waals surface area (Å²) in [6.45, 7) is 0. The standard InChI is InChI=1S/C53H34N6O/c1-5-17-35(18-6-1)49-54-56-51(58(49)39-21-9-3-10-22-39)37-29-31-42-41-25-13-14-26-43(41)53(45(42)33-37)44-27-15-16-28-47(44)60-48-32-30-38(34-46(48)53)52-57-55-50(36-19-7-2-8-20-36)59(52)40-23-11-4-12-24-40/h1-34H. The predicted octanol–water partition coefficient (Wildman–Crippen LogP) is 12.0. The smallest absolute Gasteiger partial charge is 0.168 e. The number of rotatable bonds is 6. The van der Waals surface area contributed by atoms with Crippen molar-refractivity contribution in [2.75, 3.05) is 0 Å². The van der Waals surface area contributed by atoms with Crippen LogP contribution in [0.5, 0.6) is 11.5 Å². The summed E-state index contributed by atoms with van der Waals surface area (Å²) >= 11 is 0. The molecule has 282 valence electrons. The summed E-state index contributed by atoms with van der Waals surface area (Å²) in [5.41, 5.74) is 11.8. The SMILES string of the molecule is c1ccc(-c2nnc(-c3ccc4c(c3)C3(c5ccccc5O4)c4ccccc4-c4ccc(-c5nnc(-c6ccccc6)n5-c5ccccc5)cc43)n2-c2ccccc2)cc1. The Balaban J connectivity index is 1.12. The number of hydrogen-bond acceptors (Lipinski definition) is 5. The number of hydrogen-bond donors (Lipinski definition) is 0. The molecule has 1 atom stereocenters. The number of para-hydroxylation sites is 3. The van der Waals surface area contributed by atoms with Crippen molar-refractivity contribution in [1.82, 2.24) is 29.5 Å². The van der Waals surface area contributed by atoms with E-state index >= 15 is 0 Å². The highest BCUT2D eigenvalue weighted by atomic mass is 16.5. The van der Waals surface area contributed by atoms with E-state index in [1.165, 1.54) is 11.1 Å². The predicted molar refractivity (Wildman–Crippen MR) is 235 cm³/mol. The van der Waals surface area contributed by atoms with E-state index in [-0.39, 0.29) is 0 Å². The van der Waals surface area contributed by atoms with Crippen molar-refractivity contribution in [3.63, 3.8) is 0 Å². The van der Waals surface area contributed by atoms with Crippen LogP contribution in [0.3, 0.4) is 0 Å². The fourth-order valence-corrected chi connectivity index (χ4v) is 9.31. The van der Waals surface area contributed by atoms with Gasteiger partial charge in [-0.1, -0.05) is 152 Å². The lowest BCUT2D eigenvalue weighted by atomic mass is 9.65. The first kappa shape index (κ1) is 33.9. The minimum absolute atomic E-state index is 0.738. The maximum Gasteiger partial charge on any atom is 0.168 e. The number of fused-ring (bicyclic) bond motifs is 9. The van der Waals surface area contributed by atoms with Crippen LogP contribution in [-0.2, 0) is 5.41 Å². The van der Waals surface area contributed by atoms with Gasteiger partial charge in [-0.15, -0.1) is 20.4 Å². The van der Waals surface area contributed by atoms with E-state index in [4.69, 9.17) is 25.1 Å². The Morgan fingerprint density at radius 1 is 0.317 bits per heavy atom. The molecule has 12 rings (SSSR count). The van der Waals surface area contributed by atoms with Gasteiger partial charge in [-0.3, -0.25) is 9.13 Å². The highest BCUT2D eigenvalue weighted by Gasteiger charge is 2.51. The monoisotopic (exact) mass is 770 g/mol. The van der Waals surface area contributed by atoms with E-state index in [9.17, 15) is 0 Å². The molecule has 2 aliphatic rings. The second-order valence-electron chi connectivity index (χ2n) is 15.1. The van der Waals surface area contributed by atoms with Gasteiger partial charge in [-0.05, 0) is 76.9 Å². The summed E-state index contributed by atoms with van der Waals surface area (Å²) in [5.74, 6) is 4.65. The van der Waals surface area contributed by atoms with Crippen molar-refractivity contribution >= 4 is 0 Å². The van der Waals surface area contributed by atoms with Gasteiger partial charge in [0.15, 0.2) is 23.3 Å². The second-order valence-corrected chi connectivity index (χ2v) is 15.1. The summed E-state index contributed by atoms with van der Waals surface area (Å²) < 4.78 is 11.2. The Morgan fingerprint density at radius 3 is 1.32 bits per heavy atom. The molecule has 1 aliphatic heterocycles. The molecule has 3 heterocycles. The van der Waals surface area contributed by atoms with Gasteiger partial charge in [0, 0.05) is 44.8 Å². The van der Waals surface area contributed by atoms with Crippen molar-refractivity contribution in [2.24, 2.45) is 0 Å². The summed E-state index contributed by atoms with van der Waals surface area (Å²) in [6.07, 6.45) is 0. The molecule has 0 saturated carbocycles. The van der Waals surface area contributed by atoms with Crippen molar-refractivity contribution in [1.29, 1.82) is 0 Å².